The first kappa shape index (κ1) is 13.8. The van der Waals surface area contributed by atoms with Crippen molar-refractivity contribution < 1.29 is 9.53 Å². The van der Waals surface area contributed by atoms with Crippen molar-refractivity contribution in [2.45, 2.75) is 25.8 Å². The van der Waals surface area contributed by atoms with Crippen LogP contribution in [0.15, 0.2) is 18.2 Å². The molecule has 0 aromatic heterocycles. The van der Waals surface area contributed by atoms with Gasteiger partial charge in [0.05, 0.1) is 5.69 Å². The fourth-order valence-electron chi connectivity index (χ4n) is 2.40. The van der Waals surface area contributed by atoms with Gasteiger partial charge >= 0.3 is 0 Å². The Morgan fingerprint density at radius 3 is 2.68 bits per heavy atom. The number of carbonyl (C=O) groups excluding carboxylic acids is 1. The molecule has 1 fully saturated rings. The lowest BCUT2D eigenvalue weighted by Gasteiger charge is -2.31. The number of benzene rings is 1. The Morgan fingerprint density at radius 2 is 2.11 bits per heavy atom. The lowest BCUT2D eigenvalue weighted by Crippen LogP contribution is -2.40. The first-order valence-corrected chi connectivity index (χ1v) is 6.55. The number of nitrogens with zero attached hydrogens (tertiary/aromatic N) is 1. The quantitative estimate of drug-likeness (QED) is 0.641. The molecule has 19 heavy (non-hydrogen) atoms. The maximum Gasteiger partial charge on any atom is 0.253 e. The summed E-state index contributed by atoms with van der Waals surface area (Å²) in [6, 6.07) is 5.78. The number of rotatable bonds is 3. The highest BCUT2D eigenvalue weighted by molar-refractivity contribution is 5.95. The predicted molar refractivity (Wildman–Crippen MR) is 74.9 cm³/mol. The van der Waals surface area contributed by atoms with Crippen molar-refractivity contribution >= 4 is 11.6 Å². The third-order valence-corrected chi connectivity index (χ3v) is 3.69. The molecule has 0 atom stereocenters. The molecule has 2 rings (SSSR count). The SMILES string of the molecule is Cc1cc(C(=O)N(C)C2CCOCC2)ccc1NN. The largest absolute Gasteiger partial charge is 0.381 e. The number of amides is 1. The van der Waals surface area contributed by atoms with Gasteiger partial charge in [0.2, 0.25) is 0 Å². The number of aryl methyl sites for hydroxylation is 1. The van der Waals surface area contributed by atoms with Gasteiger partial charge in [-0.05, 0) is 43.5 Å². The number of hydrazine groups is 1. The Labute approximate surface area is 113 Å². The number of hydrogen-bond donors (Lipinski definition) is 2. The van der Waals surface area contributed by atoms with Crippen molar-refractivity contribution in [2.24, 2.45) is 5.84 Å². The summed E-state index contributed by atoms with van der Waals surface area (Å²) in [5, 5.41) is 0. The Hall–Kier alpha value is -1.59. The van der Waals surface area contributed by atoms with Gasteiger partial charge in [0.15, 0.2) is 0 Å². The maximum absolute atomic E-state index is 12.4. The highest BCUT2D eigenvalue weighted by Gasteiger charge is 2.23. The molecule has 1 aliphatic rings. The molecule has 5 nitrogen and oxygen atoms in total. The highest BCUT2D eigenvalue weighted by Crippen LogP contribution is 2.19. The predicted octanol–water partition coefficient (Wildman–Crippen LogP) is 1.53. The van der Waals surface area contributed by atoms with Crippen molar-refractivity contribution in [2.75, 3.05) is 25.7 Å². The van der Waals surface area contributed by atoms with E-state index in [9.17, 15) is 4.79 Å². The first-order chi connectivity index (χ1) is 9.13. The van der Waals surface area contributed by atoms with E-state index in [0.29, 0.717) is 5.56 Å². The minimum atomic E-state index is 0.0542. The van der Waals surface area contributed by atoms with Crippen LogP contribution in [0.2, 0.25) is 0 Å². The van der Waals surface area contributed by atoms with Gasteiger partial charge in [-0.1, -0.05) is 0 Å². The third-order valence-electron chi connectivity index (χ3n) is 3.69. The zero-order valence-electron chi connectivity index (χ0n) is 11.5. The molecule has 0 unspecified atom stereocenters. The van der Waals surface area contributed by atoms with Crippen molar-refractivity contribution in [3.63, 3.8) is 0 Å². The van der Waals surface area contributed by atoms with E-state index in [1.54, 1.807) is 6.07 Å². The fraction of sp³-hybridized carbons (Fsp3) is 0.500. The molecule has 0 spiro atoms. The molecule has 3 N–H and O–H groups in total. The zero-order chi connectivity index (χ0) is 13.8. The van der Waals surface area contributed by atoms with E-state index < -0.39 is 0 Å². The number of ether oxygens (including phenoxy) is 1. The average molecular weight is 263 g/mol. The van der Waals surface area contributed by atoms with E-state index in [2.05, 4.69) is 5.43 Å². The summed E-state index contributed by atoms with van der Waals surface area (Å²) in [4.78, 5) is 14.3. The van der Waals surface area contributed by atoms with Gasteiger partial charge in [-0.3, -0.25) is 10.6 Å². The van der Waals surface area contributed by atoms with Crippen LogP contribution in [0.25, 0.3) is 0 Å². The van der Waals surface area contributed by atoms with Gasteiger partial charge in [0.25, 0.3) is 5.91 Å². The van der Waals surface area contributed by atoms with E-state index in [0.717, 1.165) is 37.3 Å². The van der Waals surface area contributed by atoms with E-state index in [1.807, 2.05) is 31.0 Å². The van der Waals surface area contributed by atoms with Gasteiger partial charge in [0, 0.05) is 31.9 Å². The van der Waals surface area contributed by atoms with E-state index in [-0.39, 0.29) is 11.9 Å². The van der Waals surface area contributed by atoms with Crippen LogP contribution in [0.5, 0.6) is 0 Å². The second kappa shape index (κ2) is 6.04. The average Bonchev–Trinajstić information content (AvgIpc) is 2.46. The molecule has 1 saturated heterocycles. The molecule has 1 aliphatic heterocycles. The molecule has 0 aliphatic carbocycles. The number of nitrogens with one attached hydrogen (secondary N) is 1. The third kappa shape index (κ3) is 3.05. The van der Waals surface area contributed by atoms with E-state index in [4.69, 9.17) is 10.6 Å². The summed E-state index contributed by atoms with van der Waals surface area (Å²) in [6.07, 6.45) is 1.81. The van der Waals surface area contributed by atoms with Crippen LogP contribution >= 0.6 is 0 Å². The second-order valence-corrected chi connectivity index (χ2v) is 4.93. The van der Waals surface area contributed by atoms with Gasteiger partial charge in [-0.15, -0.1) is 0 Å². The zero-order valence-corrected chi connectivity index (χ0v) is 11.5. The monoisotopic (exact) mass is 263 g/mol. The lowest BCUT2D eigenvalue weighted by molar-refractivity contribution is 0.0362. The van der Waals surface area contributed by atoms with Crippen LogP contribution in [0, 0.1) is 6.92 Å². The molecule has 104 valence electrons. The molecule has 5 heteroatoms. The van der Waals surface area contributed by atoms with Crippen LogP contribution < -0.4 is 11.3 Å². The minimum Gasteiger partial charge on any atom is -0.381 e. The summed E-state index contributed by atoms with van der Waals surface area (Å²) < 4.78 is 5.32. The molecule has 1 amide bonds. The molecular formula is C14H21N3O2. The van der Waals surface area contributed by atoms with Gasteiger partial charge in [-0.25, -0.2) is 0 Å². The van der Waals surface area contributed by atoms with Crippen LogP contribution in [0.1, 0.15) is 28.8 Å². The normalized spacial score (nSPS) is 16.2. The van der Waals surface area contributed by atoms with Crippen molar-refractivity contribution in [1.29, 1.82) is 0 Å². The summed E-state index contributed by atoms with van der Waals surface area (Å²) >= 11 is 0. The first-order valence-electron chi connectivity index (χ1n) is 6.55. The fourth-order valence-corrected chi connectivity index (χ4v) is 2.40. The maximum atomic E-state index is 12.4. The summed E-state index contributed by atoms with van der Waals surface area (Å²) in [5.41, 5.74) is 5.12. The van der Waals surface area contributed by atoms with Gasteiger partial charge in [0.1, 0.15) is 0 Å². The molecule has 1 heterocycles. The number of anilines is 1. The van der Waals surface area contributed by atoms with Crippen molar-refractivity contribution in [1.82, 2.24) is 4.90 Å². The summed E-state index contributed by atoms with van der Waals surface area (Å²) in [5.74, 6) is 5.45. The Morgan fingerprint density at radius 1 is 1.42 bits per heavy atom. The minimum absolute atomic E-state index is 0.0542. The number of nitrogens with two attached hydrogens (primary N) is 1. The van der Waals surface area contributed by atoms with Crippen molar-refractivity contribution in [3.8, 4) is 0 Å². The van der Waals surface area contributed by atoms with Crippen LogP contribution in [-0.2, 0) is 4.74 Å². The molecule has 0 bridgehead atoms. The topological polar surface area (TPSA) is 67.6 Å². The van der Waals surface area contributed by atoms with Crippen molar-refractivity contribution in [3.05, 3.63) is 29.3 Å². The van der Waals surface area contributed by atoms with Crippen LogP contribution in [0.3, 0.4) is 0 Å². The molecule has 0 saturated carbocycles. The molecular weight excluding hydrogens is 242 g/mol. The van der Waals surface area contributed by atoms with Gasteiger partial charge in [-0.2, -0.15) is 0 Å². The lowest BCUT2D eigenvalue weighted by atomic mass is 10.0. The Balaban J connectivity index is 2.12. The number of nitrogen functional groups attached to an aromatic ring is 1. The number of hydrogen-bond acceptors (Lipinski definition) is 4. The van der Waals surface area contributed by atoms with E-state index >= 15 is 0 Å². The highest BCUT2D eigenvalue weighted by atomic mass is 16.5. The number of carbonyl (C=O) groups is 1. The van der Waals surface area contributed by atoms with Gasteiger partial charge < -0.3 is 15.1 Å². The Kier molecular flexibility index (Phi) is 4.39. The Bertz CT molecular complexity index is 456. The van der Waals surface area contributed by atoms with Crippen LogP contribution in [-0.4, -0.2) is 37.1 Å². The molecule has 1 aromatic rings. The standard InChI is InChI=1S/C14H21N3O2/c1-10-9-11(3-4-13(10)16-15)14(18)17(2)12-5-7-19-8-6-12/h3-4,9,12,16H,5-8,15H2,1-2H3. The molecule has 0 radical (unpaired) electrons. The van der Waals surface area contributed by atoms with E-state index in [1.165, 1.54) is 0 Å². The smallest absolute Gasteiger partial charge is 0.253 e. The molecule has 1 aromatic carbocycles. The second-order valence-electron chi connectivity index (χ2n) is 4.93. The summed E-state index contributed by atoms with van der Waals surface area (Å²) in [6.45, 7) is 3.40. The van der Waals surface area contributed by atoms with Crippen LogP contribution in [0.4, 0.5) is 5.69 Å². The summed E-state index contributed by atoms with van der Waals surface area (Å²) in [7, 11) is 1.86.